The number of hydrogen-bond acceptors (Lipinski definition) is 3. The Morgan fingerprint density at radius 2 is 1.77 bits per heavy atom. The van der Waals surface area contributed by atoms with Gasteiger partial charge in [0, 0.05) is 30.6 Å². The van der Waals surface area contributed by atoms with E-state index in [9.17, 15) is 22.6 Å². The van der Waals surface area contributed by atoms with Crippen LogP contribution in [0.2, 0.25) is 0 Å². The number of amides is 2. The van der Waals surface area contributed by atoms with Crippen molar-refractivity contribution >= 4 is 27.2 Å². The number of likely N-dealkylation sites (N-methyl/N-ethyl adjacent to an activating group) is 1. The van der Waals surface area contributed by atoms with Gasteiger partial charge in [-0.25, -0.2) is 13.0 Å². The molecule has 0 heterocycles. The largest absolute Gasteiger partial charge is 0.312 e. The molecule has 0 N–H and O–H groups in total. The third kappa shape index (κ3) is 4.20. The van der Waals surface area contributed by atoms with Crippen LogP contribution < -0.4 is 4.90 Å². The number of rotatable bonds is 4. The Kier molecular flexibility index (Phi) is 5.66. The lowest BCUT2D eigenvalue weighted by atomic mass is 10.2. The van der Waals surface area contributed by atoms with E-state index < -0.39 is 27.3 Å². The summed E-state index contributed by atoms with van der Waals surface area (Å²) in [7, 11) is -1.85. The molecule has 0 saturated carbocycles. The summed E-state index contributed by atoms with van der Waals surface area (Å²) in [5.41, 5.74) is 0.638. The minimum Gasteiger partial charge on any atom is -0.312 e. The first-order chi connectivity index (χ1) is 12.2. The molecule has 0 saturated heterocycles. The van der Waals surface area contributed by atoms with Crippen molar-refractivity contribution in [3.05, 3.63) is 72.3 Å². The van der Waals surface area contributed by atoms with Crippen molar-refractivity contribution in [2.24, 2.45) is 4.36 Å². The number of halogens is 2. The molecule has 0 aliphatic rings. The van der Waals surface area contributed by atoms with Crippen LogP contribution in [0.15, 0.2) is 64.4 Å². The van der Waals surface area contributed by atoms with Crippen molar-refractivity contribution in [3.8, 4) is 0 Å². The standard InChI is InChI=1S/C18H16F2N2O3S/c1-4-17(23)22(2)14-8-5-12(6-9-14)18(24)21-26(3,25)16-10-7-13(19)11-15(16)20/h4-11H,1H2,2-3H3. The summed E-state index contributed by atoms with van der Waals surface area (Å²) >= 11 is 0. The van der Waals surface area contributed by atoms with Gasteiger partial charge in [0.2, 0.25) is 5.91 Å². The molecule has 2 rings (SSSR count). The van der Waals surface area contributed by atoms with Crippen LogP contribution in [0.25, 0.3) is 0 Å². The van der Waals surface area contributed by atoms with E-state index in [0.717, 1.165) is 24.5 Å². The molecule has 8 heteroatoms. The van der Waals surface area contributed by atoms with E-state index in [1.165, 1.54) is 29.2 Å². The fourth-order valence-corrected chi connectivity index (χ4v) is 3.40. The Morgan fingerprint density at radius 3 is 2.31 bits per heavy atom. The third-order valence-electron chi connectivity index (χ3n) is 3.57. The third-order valence-corrected chi connectivity index (χ3v) is 5.23. The van der Waals surface area contributed by atoms with Crippen molar-refractivity contribution < 1.29 is 22.6 Å². The zero-order valence-corrected chi connectivity index (χ0v) is 14.9. The predicted octanol–water partition coefficient (Wildman–Crippen LogP) is 3.41. The van der Waals surface area contributed by atoms with E-state index in [2.05, 4.69) is 10.9 Å². The summed E-state index contributed by atoms with van der Waals surface area (Å²) in [4.78, 5) is 24.8. The maximum atomic E-state index is 13.8. The lowest BCUT2D eigenvalue weighted by Gasteiger charge is -2.15. The van der Waals surface area contributed by atoms with Crippen molar-refractivity contribution in [2.45, 2.75) is 4.90 Å². The van der Waals surface area contributed by atoms with Crippen molar-refractivity contribution in [1.82, 2.24) is 0 Å². The normalized spacial score (nSPS) is 12.8. The van der Waals surface area contributed by atoms with Gasteiger partial charge in [0.05, 0.1) is 14.6 Å². The highest BCUT2D eigenvalue weighted by atomic mass is 32.2. The monoisotopic (exact) mass is 378 g/mol. The number of hydrogen-bond donors (Lipinski definition) is 0. The smallest absolute Gasteiger partial charge is 0.285 e. The molecule has 0 aliphatic carbocycles. The zero-order chi connectivity index (χ0) is 19.5. The number of benzene rings is 2. The van der Waals surface area contributed by atoms with E-state index in [4.69, 9.17) is 0 Å². The Labute approximate surface area is 150 Å². The molecule has 0 aliphatic heterocycles. The Morgan fingerprint density at radius 1 is 1.15 bits per heavy atom. The van der Waals surface area contributed by atoms with E-state index in [0.29, 0.717) is 11.8 Å². The second kappa shape index (κ2) is 7.57. The Bertz CT molecular complexity index is 994. The van der Waals surface area contributed by atoms with Crippen molar-refractivity contribution in [3.63, 3.8) is 0 Å². The molecule has 0 bridgehead atoms. The predicted molar refractivity (Wildman–Crippen MR) is 95.5 cm³/mol. The highest BCUT2D eigenvalue weighted by molar-refractivity contribution is 7.93. The SMILES string of the molecule is C=CC(=O)N(C)c1ccc(C(=O)N=S(C)(=O)c2ccc(F)cc2F)cc1. The topological polar surface area (TPSA) is 66.8 Å². The highest BCUT2D eigenvalue weighted by Gasteiger charge is 2.16. The molecule has 136 valence electrons. The van der Waals surface area contributed by atoms with Gasteiger partial charge in [-0.05, 0) is 42.5 Å². The van der Waals surface area contributed by atoms with Crippen LogP contribution in [-0.4, -0.2) is 29.3 Å². The van der Waals surface area contributed by atoms with Gasteiger partial charge >= 0.3 is 0 Å². The lowest BCUT2D eigenvalue weighted by molar-refractivity contribution is -0.113. The minimum absolute atomic E-state index is 0.116. The van der Waals surface area contributed by atoms with Gasteiger partial charge in [-0.2, -0.15) is 4.36 Å². The number of anilines is 1. The van der Waals surface area contributed by atoms with Crippen LogP contribution in [-0.2, 0) is 14.5 Å². The van der Waals surface area contributed by atoms with E-state index in [-0.39, 0.29) is 16.4 Å². The molecular formula is C18H16F2N2O3S. The molecule has 0 spiro atoms. The van der Waals surface area contributed by atoms with Gasteiger partial charge in [0.1, 0.15) is 11.6 Å². The maximum absolute atomic E-state index is 13.8. The molecule has 0 radical (unpaired) electrons. The second-order valence-corrected chi connectivity index (χ2v) is 7.65. The molecule has 1 atom stereocenters. The van der Waals surface area contributed by atoms with Gasteiger partial charge in [0.25, 0.3) is 5.91 Å². The molecular weight excluding hydrogens is 362 g/mol. The van der Waals surface area contributed by atoms with E-state index >= 15 is 0 Å². The molecule has 0 aromatic heterocycles. The average Bonchev–Trinajstić information content (AvgIpc) is 2.59. The van der Waals surface area contributed by atoms with E-state index in [1.807, 2.05) is 0 Å². The summed E-state index contributed by atoms with van der Waals surface area (Å²) in [6.45, 7) is 3.39. The van der Waals surface area contributed by atoms with Crippen LogP contribution in [0, 0.1) is 11.6 Å². The number of carbonyl (C=O) groups is 2. The lowest BCUT2D eigenvalue weighted by Crippen LogP contribution is -2.23. The number of nitrogens with zero attached hydrogens (tertiary/aromatic N) is 2. The summed E-state index contributed by atoms with van der Waals surface area (Å²) in [6.07, 6.45) is 2.25. The Balaban J connectivity index is 2.33. The van der Waals surface area contributed by atoms with Crippen LogP contribution in [0.5, 0.6) is 0 Å². The minimum atomic E-state index is -3.39. The van der Waals surface area contributed by atoms with Gasteiger partial charge in [-0.1, -0.05) is 6.58 Å². The molecule has 26 heavy (non-hydrogen) atoms. The molecule has 2 amide bonds. The summed E-state index contributed by atoms with van der Waals surface area (Å²) < 4.78 is 43.0. The van der Waals surface area contributed by atoms with Gasteiger partial charge in [0.15, 0.2) is 0 Å². The first kappa shape index (κ1) is 19.5. The molecule has 2 aromatic rings. The van der Waals surface area contributed by atoms with Crippen molar-refractivity contribution in [2.75, 3.05) is 18.2 Å². The van der Waals surface area contributed by atoms with Gasteiger partial charge < -0.3 is 4.90 Å². The van der Waals surface area contributed by atoms with Gasteiger partial charge in [-0.15, -0.1) is 0 Å². The Hall–Kier alpha value is -2.87. The fourth-order valence-electron chi connectivity index (χ4n) is 2.13. The van der Waals surface area contributed by atoms with E-state index in [1.54, 1.807) is 7.05 Å². The first-order valence-corrected chi connectivity index (χ1v) is 9.30. The molecule has 5 nitrogen and oxygen atoms in total. The fraction of sp³-hybridized carbons (Fsp3) is 0.111. The summed E-state index contributed by atoms with van der Waals surface area (Å²) in [6, 6.07) is 8.38. The average molecular weight is 378 g/mol. The van der Waals surface area contributed by atoms with Crippen LogP contribution >= 0.6 is 0 Å². The number of carbonyl (C=O) groups excluding carboxylic acids is 2. The van der Waals surface area contributed by atoms with Gasteiger partial charge in [-0.3, -0.25) is 9.59 Å². The maximum Gasteiger partial charge on any atom is 0.285 e. The highest BCUT2D eigenvalue weighted by Crippen LogP contribution is 2.19. The first-order valence-electron chi connectivity index (χ1n) is 7.37. The van der Waals surface area contributed by atoms with Crippen molar-refractivity contribution in [1.29, 1.82) is 0 Å². The zero-order valence-electron chi connectivity index (χ0n) is 14.1. The van der Waals surface area contributed by atoms with Crippen LogP contribution in [0.3, 0.4) is 0 Å². The second-order valence-electron chi connectivity index (χ2n) is 5.42. The quantitative estimate of drug-likeness (QED) is 0.766. The molecule has 2 aromatic carbocycles. The van der Waals surface area contributed by atoms with Crippen LogP contribution in [0.4, 0.5) is 14.5 Å². The van der Waals surface area contributed by atoms with Crippen LogP contribution in [0.1, 0.15) is 10.4 Å². The summed E-state index contributed by atoms with van der Waals surface area (Å²) in [5.74, 6) is -2.99. The molecule has 1 unspecified atom stereocenters. The summed E-state index contributed by atoms with van der Waals surface area (Å²) in [5, 5.41) is 0. The molecule has 0 fully saturated rings.